The molecule has 3 aromatic rings. The fourth-order valence-corrected chi connectivity index (χ4v) is 5.05. The Hall–Kier alpha value is -2.74. The maximum absolute atomic E-state index is 12.9. The average molecular weight is 449 g/mol. The lowest BCUT2D eigenvalue weighted by Crippen LogP contribution is -2.50. The number of nitrogens with zero attached hydrogens (tertiary/aromatic N) is 4. The minimum absolute atomic E-state index is 0.0614. The van der Waals surface area contributed by atoms with Crippen LogP contribution in [-0.4, -0.2) is 70.9 Å². The summed E-state index contributed by atoms with van der Waals surface area (Å²) in [5.74, 6) is 0.0614. The molecule has 0 saturated carbocycles. The van der Waals surface area contributed by atoms with Gasteiger partial charge in [0.25, 0.3) is 0 Å². The number of carbonyl (C=O) groups is 1. The maximum Gasteiger partial charge on any atom is 0.246 e. The fourth-order valence-electron chi connectivity index (χ4n) is 4.32. The largest absolute Gasteiger partial charge is 0.377 e. The van der Waals surface area contributed by atoms with Gasteiger partial charge in [-0.15, -0.1) is 11.3 Å². The van der Waals surface area contributed by atoms with Crippen molar-refractivity contribution in [3.8, 4) is 16.3 Å². The van der Waals surface area contributed by atoms with E-state index in [0.29, 0.717) is 6.10 Å². The van der Waals surface area contributed by atoms with Gasteiger partial charge in [-0.3, -0.25) is 9.69 Å². The Balaban J connectivity index is 1.26. The van der Waals surface area contributed by atoms with Crippen LogP contribution in [0.25, 0.3) is 22.3 Å². The smallest absolute Gasteiger partial charge is 0.246 e. The van der Waals surface area contributed by atoms with Crippen LogP contribution in [0.5, 0.6) is 0 Å². The van der Waals surface area contributed by atoms with Crippen LogP contribution in [0.3, 0.4) is 0 Å². The number of hydrogen-bond acceptors (Lipinski definition) is 5. The highest BCUT2D eigenvalue weighted by Crippen LogP contribution is 2.28. The number of benzene rings is 1. The molecule has 1 unspecified atom stereocenters. The highest BCUT2D eigenvalue weighted by atomic mass is 32.1. The number of rotatable bonds is 6. The van der Waals surface area contributed by atoms with Gasteiger partial charge in [0.1, 0.15) is 5.69 Å². The van der Waals surface area contributed by atoms with Crippen molar-refractivity contribution in [2.75, 3.05) is 39.3 Å². The molecule has 1 atom stereocenters. The molecule has 0 N–H and O–H groups in total. The van der Waals surface area contributed by atoms with Crippen molar-refractivity contribution in [2.24, 2.45) is 0 Å². The molecule has 4 heterocycles. The molecule has 0 aliphatic carbocycles. The molecular weight excluding hydrogens is 420 g/mol. The van der Waals surface area contributed by atoms with E-state index in [-0.39, 0.29) is 5.91 Å². The third kappa shape index (κ3) is 4.85. The van der Waals surface area contributed by atoms with Crippen LogP contribution in [0.4, 0.5) is 0 Å². The lowest BCUT2D eigenvalue weighted by Gasteiger charge is -2.35. The Labute approximate surface area is 192 Å². The first kappa shape index (κ1) is 21.1. The van der Waals surface area contributed by atoms with Crippen molar-refractivity contribution in [2.45, 2.75) is 18.9 Å². The molecule has 2 aliphatic rings. The molecule has 1 aromatic carbocycles. The number of amides is 1. The van der Waals surface area contributed by atoms with Gasteiger partial charge in [0.05, 0.1) is 16.7 Å². The van der Waals surface area contributed by atoms with Crippen molar-refractivity contribution in [3.05, 3.63) is 65.7 Å². The molecule has 32 heavy (non-hydrogen) atoms. The van der Waals surface area contributed by atoms with E-state index < -0.39 is 0 Å². The van der Waals surface area contributed by atoms with Crippen LogP contribution in [0.2, 0.25) is 0 Å². The van der Waals surface area contributed by atoms with Gasteiger partial charge in [-0.2, -0.15) is 5.10 Å². The Morgan fingerprint density at radius 2 is 1.97 bits per heavy atom. The summed E-state index contributed by atoms with van der Waals surface area (Å²) < 4.78 is 7.63. The summed E-state index contributed by atoms with van der Waals surface area (Å²) in [6, 6.07) is 14.1. The molecule has 6 nitrogen and oxygen atoms in total. The van der Waals surface area contributed by atoms with Crippen LogP contribution in [-0.2, 0) is 9.53 Å². The zero-order chi connectivity index (χ0) is 21.8. The number of carbonyl (C=O) groups excluding carboxylic acids is 1. The Kier molecular flexibility index (Phi) is 6.48. The van der Waals surface area contributed by atoms with Gasteiger partial charge < -0.3 is 9.64 Å². The molecular formula is C25H28N4O2S. The second-order valence-electron chi connectivity index (χ2n) is 8.28. The standard InChI is InChI=1S/C25H28N4O2S/c30-24(28-14-12-27(13-15-28)19-22-8-4-16-31-22)11-10-20-18-29(21-6-2-1-3-7-21)26-25(20)23-9-5-17-32-23/h1-3,5-7,9-11,17-18,22H,4,8,12-16,19H2/b11-10+. The van der Waals surface area contributed by atoms with Crippen LogP contribution in [0.1, 0.15) is 18.4 Å². The topological polar surface area (TPSA) is 50.6 Å². The predicted molar refractivity (Wildman–Crippen MR) is 128 cm³/mol. The normalized spacial score (nSPS) is 19.8. The van der Waals surface area contributed by atoms with Crippen molar-refractivity contribution < 1.29 is 9.53 Å². The molecule has 1 amide bonds. The van der Waals surface area contributed by atoms with Crippen LogP contribution in [0, 0.1) is 0 Å². The Bertz CT molecular complexity index is 1050. The Morgan fingerprint density at radius 1 is 1.12 bits per heavy atom. The van der Waals surface area contributed by atoms with Crippen molar-refractivity contribution >= 4 is 23.3 Å². The van der Waals surface area contributed by atoms with E-state index in [9.17, 15) is 4.79 Å². The van der Waals surface area contributed by atoms with E-state index in [1.54, 1.807) is 17.4 Å². The molecule has 0 spiro atoms. The van der Waals surface area contributed by atoms with Crippen LogP contribution in [0.15, 0.2) is 60.1 Å². The molecule has 2 aliphatic heterocycles. The monoisotopic (exact) mass is 448 g/mol. The van der Waals surface area contributed by atoms with E-state index in [1.165, 1.54) is 6.42 Å². The van der Waals surface area contributed by atoms with Gasteiger partial charge in [-0.25, -0.2) is 4.68 Å². The molecule has 166 valence electrons. The number of ether oxygens (including phenoxy) is 1. The second kappa shape index (κ2) is 9.81. The lowest BCUT2D eigenvalue weighted by molar-refractivity contribution is -0.127. The molecule has 0 bridgehead atoms. The summed E-state index contributed by atoms with van der Waals surface area (Å²) in [6.45, 7) is 5.22. The number of piperazine rings is 1. The van der Waals surface area contributed by atoms with Gasteiger partial charge in [-0.05, 0) is 42.5 Å². The minimum Gasteiger partial charge on any atom is -0.377 e. The summed E-state index contributed by atoms with van der Waals surface area (Å²) in [6.07, 6.45) is 8.29. The predicted octanol–water partition coefficient (Wildman–Crippen LogP) is 3.94. The summed E-state index contributed by atoms with van der Waals surface area (Å²) in [5, 5.41) is 6.85. The Morgan fingerprint density at radius 3 is 2.69 bits per heavy atom. The first-order valence-electron chi connectivity index (χ1n) is 11.3. The number of aromatic nitrogens is 2. The number of hydrogen-bond donors (Lipinski definition) is 0. The van der Waals surface area contributed by atoms with Gasteiger partial charge in [0, 0.05) is 57.2 Å². The molecule has 5 rings (SSSR count). The van der Waals surface area contributed by atoms with Crippen molar-refractivity contribution in [1.29, 1.82) is 0 Å². The third-order valence-corrected chi connectivity index (χ3v) is 6.97. The number of thiophene rings is 1. The first-order chi connectivity index (χ1) is 15.8. The first-order valence-corrected chi connectivity index (χ1v) is 12.1. The maximum atomic E-state index is 12.9. The molecule has 2 saturated heterocycles. The number of para-hydroxylation sites is 1. The highest BCUT2D eigenvalue weighted by Gasteiger charge is 2.24. The van der Waals surface area contributed by atoms with E-state index in [2.05, 4.69) is 11.0 Å². The van der Waals surface area contributed by atoms with Crippen LogP contribution >= 0.6 is 11.3 Å². The van der Waals surface area contributed by atoms with Gasteiger partial charge >= 0.3 is 0 Å². The quantitative estimate of drug-likeness (QED) is 0.536. The minimum atomic E-state index is 0.0614. The van der Waals surface area contributed by atoms with E-state index in [0.717, 1.165) is 67.6 Å². The summed E-state index contributed by atoms with van der Waals surface area (Å²) >= 11 is 1.65. The SMILES string of the molecule is O=C(/C=C/c1cn(-c2ccccc2)nc1-c1cccs1)N1CCN(CC2CCCO2)CC1. The average Bonchev–Trinajstić information content (AvgIpc) is 3.60. The van der Waals surface area contributed by atoms with Gasteiger partial charge in [0.15, 0.2) is 0 Å². The summed E-state index contributed by atoms with van der Waals surface area (Å²) in [4.78, 5) is 18.3. The fraction of sp³-hybridized carbons (Fsp3) is 0.360. The van der Waals surface area contributed by atoms with Crippen molar-refractivity contribution in [1.82, 2.24) is 19.6 Å². The zero-order valence-electron chi connectivity index (χ0n) is 18.1. The summed E-state index contributed by atoms with van der Waals surface area (Å²) in [7, 11) is 0. The lowest BCUT2D eigenvalue weighted by atomic mass is 10.2. The van der Waals surface area contributed by atoms with E-state index >= 15 is 0 Å². The molecule has 2 fully saturated rings. The van der Waals surface area contributed by atoms with E-state index in [4.69, 9.17) is 9.84 Å². The summed E-state index contributed by atoms with van der Waals surface area (Å²) in [5.41, 5.74) is 2.84. The van der Waals surface area contributed by atoms with Gasteiger partial charge in [0.2, 0.25) is 5.91 Å². The molecule has 7 heteroatoms. The molecule has 0 radical (unpaired) electrons. The van der Waals surface area contributed by atoms with E-state index in [1.807, 2.05) is 63.6 Å². The zero-order valence-corrected chi connectivity index (χ0v) is 18.9. The second-order valence-corrected chi connectivity index (χ2v) is 9.23. The van der Waals surface area contributed by atoms with Gasteiger partial charge in [-0.1, -0.05) is 24.3 Å². The van der Waals surface area contributed by atoms with Crippen LogP contribution < -0.4 is 0 Å². The van der Waals surface area contributed by atoms with Crippen molar-refractivity contribution in [3.63, 3.8) is 0 Å². The highest BCUT2D eigenvalue weighted by molar-refractivity contribution is 7.13. The molecule has 2 aromatic heterocycles. The third-order valence-electron chi connectivity index (χ3n) is 6.09.